The van der Waals surface area contributed by atoms with Gasteiger partial charge in [0.1, 0.15) is 34.2 Å². The molecule has 39 heteroatoms. The number of carbonyl (C=O) groups excluding carboxylic acids is 12. The first kappa shape index (κ1) is 106. The molecule has 786 valence electrons. The predicted octanol–water partition coefficient (Wildman–Crippen LogP) is 12.1. The summed E-state index contributed by atoms with van der Waals surface area (Å²) in [4.78, 5) is 157. The van der Waals surface area contributed by atoms with Crippen molar-refractivity contribution in [1.29, 1.82) is 0 Å². The average Bonchev–Trinajstić information content (AvgIpc) is 1.68. The van der Waals surface area contributed by atoms with E-state index >= 15 is 0 Å². The topological polar surface area (TPSA) is 469 Å². The molecule has 0 bridgehead atoms. The summed E-state index contributed by atoms with van der Waals surface area (Å²) >= 11 is 0. The van der Waals surface area contributed by atoms with E-state index in [9.17, 15) is 70.7 Å². The molecule has 9 aromatic rings. The number of hydrogen-bond donors (Lipinski definition) is 12. The second-order valence-corrected chi connectivity index (χ2v) is 42.2. The number of halogens is 3. The molecule has 21 rings (SSSR count). The van der Waals surface area contributed by atoms with Gasteiger partial charge in [-0.3, -0.25) is 88.1 Å². The number of aromatic amines is 6. The van der Waals surface area contributed by atoms with Crippen LogP contribution in [0.15, 0.2) is 127 Å². The Balaban J connectivity index is 0.000000126. The van der Waals surface area contributed by atoms with E-state index in [0.717, 1.165) is 183 Å². The molecule has 0 radical (unpaired) electrons. The maximum absolute atomic E-state index is 12.8. The van der Waals surface area contributed by atoms with Crippen LogP contribution in [-0.2, 0) is 41.6 Å². The van der Waals surface area contributed by atoms with Crippen LogP contribution in [0.25, 0.3) is 0 Å². The quantitative estimate of drug-likeness (QED) is 0.0192. The number of alkyl halides is 3. The Hall–Kier alpha value is -13.7. The van der Waals surface area contributed by atoms with Gasteiger partial charge in [0, 0.05) is 197 Å². The number of carbonyl (C=O) groups is 12. The molecule has 0 spiro atoms. The van der Waals surface area contributed by atoms with E-state index in [0.29, 0.717) is 131 Å². The number of rotatable bonds is 31. The van der Waals surface area contributed by atoms with E-state index < -0.39 is 18.0 Å². The number of nitrogens with zero attached hydrogens (tertiary/aromatic N) is 12. The van der Waals surface area contributed by atoms with Crippen LogP contribution >= 0.6 is 0 Å². The molecule has 6 aliphatic heterocycles. The normalized spacial score (nSPS) is 21.2. The molecule has 6 aromatic heterocycles. The summed E-state index contributed by atoms with van der Waals surface area (Å²) in [6, 6.07) is 41.4. The van der Waals surface area contributed by atoms with Gasteiger partial charge in [0.25, 0.3) is 35.4 Å². The van der Waals surface area contributed by atoms with Crippen LogP contribution in [0.3, 0.4) is 0 Å². The fraction of sp³-hybridized carbons (Fsp3) is 0.556. The first-order valence-electron chi connectivity index (χ1n) is 52.9. The van der Waals surface area contributed by atoms with Gasteiger partial charge in [-0.2, -0.15) is 43.8 Å². The summed E-state index contributed by atoms with van der Waals surface area (Å²) in [6.45, 7) is 20.6. The van der Waals surface area contributed by atoms with E-state index in [1.165, 1.54) is 21.6 Å². The number of benzene rings is 3. The van der Waals surface area contributed by atoms with Gasteiger partial charge in [0.2, 0.25) is 35.4 Å². The third-order valence-electron chi connectivity index (χ3n) is 29.8. The van der Waals surface area contributed by atoms with Gasteiger partial charge in [-0.1, -0.05) is 133 Å². The lowest BCUT2D eigenvalue weighted by molar-refractivity contribution is -0.147. The second kappa shape index (κ2) is 48.8. The van der Waals surface area contributed by atoms with Crippen LogP contribution in [0, 0.1) is 35.5 Å². The Bertz CT molecular complexity index is 6010. The summed E-state index contributed by atoms with van der Waals surface area (Å²) in [5.74, 6) is 0.654. The van der Waals surface area contributed by atoms with Crippen LogP contribution < -0.4 is 31.9 Å². The summed E-state index contributed by atoms with van der Waals surface area (Å²) in [5.41, 5.74) is 10.7. The standard InChI is InChI=1S/C23H30N4O2.C20H24N4O2.C19H22N4O2.C16H24N4O2.C15H19F3N4O2.C15H22N4O2/c1-16(6-5-9-17-7-3-2-4-8-17)20-14-21(26-25-20)23(29)27-13-12-19(15-27)24-22(28)18-10-11-18;1-13(14-5-3-2-4-6-14)17-11-18(23-22-17)20(26)24-10-9-16(12-24)21-19(25)15-7-8-15;24-18(14-6-7-14)20-15-8-9-23(12-15)19(25)17-11-16(21-22-17)10-13-4-2-1-3-5-13;1-3-10(2)13-8-14(19-18-13)16(22)20-7-6-12(9-20)17-15(21)11-4-5-11;1-8(15(16,17)18)11-6-12(21-20-11)14(24)22-5-4-10(7-22)19-13(23)9-2-3-9;1-9(2)12-7-13(18-17-12)15(21)19-6-5-11(8-19)16-14(20)10-3-4-10/h2-4,7-8,14,16,18-19H,5-6,9-13,15H2,1H3,(H,24,28)(H,25,26);2-6,11,13,15-16H,7-10,12H2,1H3,(H,21,25)(H,22,23);1-5,11,14-15H,6-10,12H2,(H,20,24)(H,21,22);8,10-12H,3-7,9H2,1-2H3,(H,17,21)(H,18,19);6,8-10H,2-5,7H2,1H3,(H,19,23)(H,20,21);7,9-11H,3-6,8H2,1-2H3,(H,16,20)(H,17,18). The van der Waals surface area contributed by atoms with Gasteiger partial charge < -0.3 is 61.3 Å². The molecule has 6 saturated heterocycles. The van der Waals surface area contributed by atoms with Crippen LogP contribution in [0.1, 0.15) is 327 Å². The van der Waals surface area contributed by atoms with Crippen LogP contribution in [-0.4, -0.2) is 282 Å². The first-order chi connectivity index (χ1) is 70.8. The highest BCUT2D eigenvalue weighted by atomic mass is 19.4. The molecule has 12 aliphatic rings. The number of likely N-dealkylation sites (tertiary alicyclic amines) is 6. The van der Waals surface area contributed by atoms with E-state index in [2.05, 4.69) is 183 Å². The molecule has 12 fully saturated rings. The summed E-state index contributed by atoms with van der Waals surface area (Å²) in [5, 5.41) is 60.0. The Morgan fingerprint density at radius 1 is 0.327 bits per heavy atom. The minimum atomic E-state index is -4.39. The largest absolute Gasteiger partial charge is 0.396 e. The highest BCUT2D eigenvalue weighted by Crippen LogP contribution is 2.38. The molecule has 3 aromatic carbocycles. The zero-order chi connectivity index (χ0) is 104. The number of aryl methyl sites for hydroxylation is 1. The van der Waals surface area contributed by atoms with Crippen molar-refractivity contribution in [1.82, 2.24) is 122 Å². The molecule has 10 atom stereocenters. The molecule has 6 aliphatic carbocycles. The van der Waals surface area contributed by atoms with E-state index in [1.807, 2.05) is 72.8 Å². The molecule has 10 unspecified atom stereocenters. The van der Waals surface area contributed by atoms with Crippen molar-refractivity contribution >= 4 is 70.9 Å². The highest BCUT2D eigenvalue weighted by molar-refractivity contribution is 5.96. The Morgan fingerprint density at radius 3 is 0.898 bits per heavy atom. The number of hydrogen-bond acceptors (Lipinski definition) is 18. The first-order valence-corrected chi connectivity index (χ1v) is 52.9. The molecular weight excluding hydrogens is 1880 g/mol. The molecule has 12 amide bonds. The fourth-order valence-corrected chi connectivity index (χ4v) is 18.9. The van der Waals surface area contributed by atoms with Gasteiger partial charge in [-0.25, -0.2) is 0 Å². The van der Waals surface area contributed by atoms with Crippen molar-refractivity contribution < 1.29 is 70.7 Å². The van der Waals surface area contributed by atoms with Crippen LogP contribution in [0.5, 0.6) is 0 Å². The maximum Gasteiger partial charge on any atom is 0.396 e. The van der Waals surface area contributed by atoms with Gasteiger partial charge >= 0.3 is 6.18 Å². The summed E-state index contributed by atoms with van der Waals surface area (Å²) < 4.78 is 38.1. The van der Waals surface area contributed by atoms with Gasteiger partial charge in [-0.05, 0) is 219 Å². The van der Waals surface area contributed by atoms with Gasteiger partial charge in [0.05, 0.1) is 5.92 Å². The smallest absolute Gasteiger partial charge is 0.351 e. The SMILES string of the molecule is CC(C)c1cc(C(=O)N2CCC(NC(=O)C3CC3)C2)n[nH]1.CC(CCCc1ccccc1)c1cc(C(=O)N2CCC(NC(=O)C3CC3)C2)n[nH]1.CC(c1cc(C(=O)N2CCC(NC(=O)C3CC3)C2)n[nH]1)C(F)(F)F.CC(c1ccccc1)c1cc(C(=O)N2CCC(NC(=O)C3CC3)C2)n[nH]1.CCC(C)c1cc(C(=O)N2CCC(NC(=O)C3CC3)C2)n[nH]1.O=C(NC1CCN(C(=O)c2cc(Cc3ccccc3)[nH]n2)C1)C1CC1. The van der Waals surface area contributed by atoms with Crippen LogP contribution in [0.4, 0.5) is 13.2 Å². The Kier molecular flexibility index (Phi) is 35.2. The molecule has 6 saturated carbocycles. The Labute approximate surface area is 854 Å². The predicted molar refractivity (Wildman–Crippen MR) is 541 cm³/mol. The number of aromatic nitrogens is 12. The maximum atomic E-state index is 12.8. The monoisotopic (exact) mass is 2020 g/mol. The van der Waals surface area contributed by atoms with Crippen molar-refractivity contribution in [3.8, 4) is 0 Å². The van der Waals surface area contributed by atoms with Crippen molar-refractivity contribution in [2.24, 2.45) is 35.5 Å². The van der Waals surface area contributed by atoms with Crippen LogP contribution in [0.2, 0.25) is 0 Å². The van der Waals surface area contributed by atoms with Gasteiger partial charge in [-0.15, -0.1) is 0 Å². The third kappa shape index (κ3) is 29.9. The van der Waals surface area contributed by atoms with Crippen molar-refractivity contribution in [3.63, 3.8) is 0 Å². The molecule has 12 N–H and O–H groups in total. The lowest BCUT2D eigenvalue weighted by atomic mass is 9.98. The zero-order valence-corrected chi connectivity index (χ0v) is 85.1. The molecule has 147 heavy (non-hydrogen) atoms. The van der Waals surface area contributed by atoms with Crippen molar-refractivity contribution in [2.45, 2.75) is 268 Å². The van der Waals surface area contributed by atoms with E-state index in [1.54, 1.807) is 24.5 Å². The molecular formula is C108H141F3N24O12. The number of H-pyrrole nitrogens is 6. The Morgan fingerprint density at radius 2 is 0.592 bits per heavy atom. The molecule has 36 nitrogen and oxygen atoms in total. The highest BCUT2D eigenvalue weighted by Gasteiger charge is 2.44. The third-order valence-corrected chi connectivity index (χ3v) is 29.8. The zero-order valence-electron chi connectivity index (χ0n) is 85.1. The minimum Gasteiger partial charge on any atom is -0.351 e. The lowest BCUT2D eigenvalue weighted by Gasteiger charge is -2.16. The minimum absolute atomic E-state index is 0.0235. The van der Waals surface area contributed by atoms with E-state index in [-0.39, 0.29) is 154 Å². The summed E-state index contributed by atoms with van der Waals surface area (Å²) in [7, 11) is 0. The van der Waals surface area contributed by atoms with Gasteiger partial charge in [0.15, 0.2) is 0 Å². The number of nitrogens with one attached hydrogen (secondary N) is 12. The van der Waals surface area contributed by atoms with E-state index in [4.69, 9.17) is 0 Å². The van der Waals surface area contributed by atoms with Crippen molar-refractivity contribution in [2.75, 3.05) is 78.5 Å². The average molecular weight is 2020 g/mol. The molecule has 12 heterocycles. The number of amides is 12. The lowest BCUT2D eigenvalue weighted by Crippen LogP contribution is -2.39. The second-order valence-electron chi connectivity index (χ2n) is 42.2. The van der Waals surface area contributed by atoms with Crippen molar-refractivity contribution in [3.05, 3.63) is 212 Å². The summed E-state index contributed by atoms with van der Waals surface area (Å²) in [6.07, 6.45) is 17.1. The fourth-order valence-electron chi connectivity index (χ4n) is 18.9.